The summed E-state index contributed by atoms with van der Waals surface area (Å²) in [5.41, 5.74) is 0. The minimum absolute atomic E-state index is 0.0738. The van der Waals surface area contributed by atoms with E-state index in [1.165, 1.54) is 25.7 Å². The number of hydrogen-bond acceptors (Lipinski definition) is 3. The maximum atomic E-state index is 12.0. The molecule has 1 aliphatic heterocycles. The Labute approximate surface area is 110 Å². The molecule has 0 bridgehead atoms. The van der Waals surface area contributed by atoms with E-state index in [4.69, 9.17) is 4.74 Å². The highest BCUT2D eigenvalue weighted by atomic mass is 16.5. The van der Waals surface area contributed by atoms with Crippen LogP contribution < -0.4 is 5.32 Å². The molecule has 0 radical (unpaired) electrons. The average Bonchev–Trinajstić information content (AvgIpc) is 3.05. The molecule has 1 atom stereocenters. The van der Waals surface area contributed by atoms with Crippen LogP contribution in [0.2, 0.25) is 0 Å². The molecule has 1 unspecified atom stereocenters. The van der Waals surface area contributed by atoms with Crippen LogP contribution in [0, 0.1) is 0 Å². The van der Waals surface area contributed by atoms with E-state index in [-0.39, 0.29) is 11.9 Å². The number of amides is 1. The van der Waals surface area contributed by atoms with Crippen molar-refractivity contribution in [3.63, 3.8) is 0 Å². The molecule has 4 heteroatoms. The number of ether oxygens (including phenoxy) is 1. The van der Waals surface area contributed by atoms with Crippen LogP contribution in [0.4, 0.5) is 0 Å². The van der Waals surface area contributed by atoms with E-state index in [2.05, 4.69) is 5.32 Å². The predicted octanol–water partition coefficient (Wildman–Crippen LogP) is 1.55. The standard InChI is InChI=1S/C14H26N2O2/c1-12(14(17)16-9-4-5-10-16)15-8-11-18-13-6-2-3-7-13/h12-13,15H,2-11H2,1H3. The Kier molecular flexibility index (Phi) is 5.45. The number of carbonyl (C=O) groups is 1. The van der Waals surface area contributed by atoms with Crippen molar-refractivity contribution in [2.75, 3.05) is 26.2 Å². The summed E-state index contributed by atoms with van der Waals surface area (Å²) in [6, 6.07) is -0.0738. The number of rotatable bonds is 6. The molecule has 1 heterocycles. The first-order chi connectivity index (χ1) is 8.77. The molecule has 0 aromatic rings. The minimum atomic E-state index is -0.0738. The Morgan fingerprint density at radius 1 is 1.28 bits per heavy atom. The topological polar surface area (TPSA) is 41.6 Å². The Balaban J connectivity index is 1.56. The van der Waals surface area contributed by atoms with Crippen LogP contribution in [0.15, 0.2) is 0 Å². The second kappa shape index (κ2) is 7.10. The summed E-state index contributed by atoms with van der Waals surface area (Å²) >= 11 is 0. The fraction of sp³-hybridized carbons (Fsp3) is 0.929. The second-order valence-corrected chi connectivity index (χ2v) is 5.49. The van der Waals surface area contributed by atoms with Gasteiger partial charge in [0, 0.05) is 19.6 Å². The molecule has 1 aliphatic carbocycles. The van der Waals surface area contributed by atoms with Crippen LogP contribution >= 0.6 is 0 Å². The van der Waals surface area contributed by atoms with Crippen molar-refractivity contribution in [3.05, 3.63) is 0 Å². The number of nitrogens with one attached hydrogen (secondary N) is 1. The monoisotopic (exact) mass is 254 g/mol. The van der Waals surface area contributed by atoms with Crippen LogP contribution in [0.5, 0.6) is 0 Å². The molecule has 1 saturated carbocycles. The normalized spacial score (nSPS) is 22.6. The molecule has 0 aromatic carbocycles. The highest BCUT2D eigenvalue weighted by Gasteiger charge is 2.22. The van der Waals surface area contributed by atoms with Gasteiger partial charge in [-0.2, -0.15) is 0 Å². The van der Waals surface area contributed by atoms with Gasteiger partial charge >= 0.3 is 0 Å². The zero-order valence-electron chi connectivity index (χ0n) is 11.5. The van der Waals surface area contributed by atoms with Gasteiger partial charge in [0.1, 0.15) is 0 Å². The van der Waals surface area contributed by atoms with Crippen LogP contribution in [0.25, 0.3) is 0 Å². The molecule has 104 valence electrons. The third-order valence-electron chi connectivity index (χ3n) is 4.00. The lowest BCUT2D eigenvalue weighted by molar-refractivity contribution is -0.132. The van der Waals surface area contributed by atoms with Gasteiger partial charge in [0.05, 0.1) is 18.8 Å². The maximum absolute atomic E-state index is 12.0. The molecule has 0 aromatic heterocycles. The molecular weight excluding hydrogens is 228 g/mol. The first kappa shape index (κ1) is 13.8. The van der Waals surface area contributed by atoms with E-state index in [0.29, 0.717) is 6.10 Å². The molecular formula is C14H26N2O2. The zero-order valence-corrected chi connectivity index (χ0v) is 11.5. The molecule has 2 rings (SSSR count). The van der Waals surface area contributed by atoms with E-state index in [1.807, 2.05) is 11.8 Å². The van der Waals surface area contributed by atoms with Gasteiger partial charge in [-0.05, 0) is 32.6 Å². The van der Waals surface area contributed by atoms with Gasteiger partial charge in [0.15, 0.2) is 0 Å². The molecule has 0 spiro atoms. The van der Waals surface area contributed by atoms with Gasteiger partial charge in [-0.15, -0.1) is 0 Å². The van der Waals surface area contributed by atoms with Gasteiger partial charge in [-0.1, -0.05) is 12.8 Å². The lowest BCUT2D eigenvalue weighted by atomic mass is 10.3. The van der Waals surface area contributed by atoms with Crippen molar-refractivity contribution in [2.45, 2.75) is 57.6 Å². The molecule has 1 amide bonds. The Bertz CT molecular complexity index is 259. The summed E-state index contributed by atoms with van der Waals surface area (Å²) in [5, 5.41) is 3.27. The third-order valence-corrected chi connectivity index (χ3v) is 4.00. The van der Waals surface area contributed by atoms with Gasteiger partial charge in [-0.25, -0.2) is 0 Å². The highest BCUT2D eigenvalue weighted by Crippen LogP contribution is 2.20. The summed E-state index contributed by atoms with van der Waals surface area (Å²) in [6.45, 7) is 5.32. The minimum Gasteiger partial charge on any atom is -0.377 e. The van der Waals surface area contributed by atoms with Gasteiger partial charge in [0.2, 0.25) is 5.91 Å². The molecule has 2 fully saturated rings. The lowest BCUT2D eigenvalue weighted by Crippen LogP contribution is -2.44. The van der Waals surface area contributed by atoms with Crippen molar-refractivity contribution < 1.29 is 9.53 Å². The summed E-state index contributed by atoms with van der Waals surface area (Å²) in [4.78, 5) is 14.0. The zero-order chi connectivity index (χ0) is 12.8. The number of carbonyl (C=O) groups excluding carboxylic acids is 1. The quantitative estimate of drug-likeness (QED) is 0.731. The number of nitrogens with zero attached hydrogens (tertiary/aromatic N) is 1. The molecule has 18 heavy (non-hydrogen) atoms. The highest BCUT2D eigenvalue weighted by molar-refractivity contribution is 5.81. The molecule has 2 aliphatic rings. The van der Waals surface area contributed by atoms with Crippen molar-refractivity contribution in [1.82, 2.24) is 10.2 Å². The van der Waals surface area contributed by atoms with Crippen molar-refractivity contribution in [2.24, 2.45) is 0 Å². The Morgan fingerprint density at radius 2 is 1.94 bits per heavy atom. The van der Waals surface area contributed by atoms with Crippen LogP contribution in [0.3, 0.4) is 0 Å². The van der Waals surface area contributed by atoms with Gasteiger partial charge in [-0.3, -0.25) is 4.79 Å². The fourth-order valence-electron chi connectivity index (χ4n) is 2.85. The Hall–Kier alpha value is -0.610. The van der Waals surface area contributed by atoms with E-state index in [9.17, 15) is 4.79 Å². The first-order valence-electron chi connectivity index (χ1n) is 7.41. The van der Waals surface area contributed by atoms with E-state index < -0.39 is 0 Å². The van der Waals surface area contributed by atoms with Crippen molar-refractivity contribution >= 4 is 5.91 Å². The Morgan fingerprint density at radius 3 is 2.61 bits per heavy atom. The van der Waals surface area contributed by atoms with Gasteiger partial charge in [0.25, 0.3) is 0 Å². The SMILES string of the molecule is CC(NCCOC1CCCC1)C(=O)N1CCCC1. The maximum Gasteiger partial charge on any atom is 0.239 e. The van der Waals surface area contributed by atoms with Crippen LogP contribution in [-0.2, 0) is 9.53 Å². The molecule has 4 nitrogen and oxygen atoms in total. The lowest BCUT2D eigenvalue weighted by Gasteiger charge is -2.21. The van der Waals surface area contributed by atoms with E-state index >= 15 is 0 Å². The average molecular weight is 254 g/mol. The van der Waals surface area contributed by atoms with Gasteiger partial charge < -0.3 is 15.0 Å². The number of likely N-dealkylation sites (tertiary alicyclic amines) is 1. The molecule has 1 N–H and O–H groups in total. The van der Waals surface area contributed by atoms with Crippen molar-refractivity contribution in [1.29, 1.82) is 0 Å². The summed E-state index contributed by atoms with van der Waals surface area (Å²) in [7, 11) is 0. The second-order valence-electron chi connectivity index (χ2n) is 5.49. The predicted molar refractivity (Wildman–Crippen MR) is 71.5 cm³/mol. The van der Waals surface area contributed by atoms with E-state index in [1.54, 1.807) is 0 Å². The van der Waals surface area contributed by atoms with Crippen LogP contribution in [0.1, 0.15) is 45.4 Å². The van der Waals surface area contributed by atoms with Crippen molar-refractivity contribution in [3.8, 4) is 0 Å². The molecule has 1 saturated heterocycles. The smallest absolute Gasteiger partial charge is 0.239 e. The first-order valence-corrected chi connectivity index (χ1v) is 7.41. The third kappa shape index (κ3) is 3.95. The largest absolute Gasteiger partial charge is 0.377 e. The summed E-state index contributed by atoms with van der Waals surface area (Å²) < 4.78 is 5.77. The van der Waals surface area contributed by atoms with E-state index in [0.717, 1.165) is 39.1 Å². The number of hydrogen-bond donors (Lipinski definition) is 1. The summed E-state index contributed by atoms with van der Waals surface area (Å²) in [6.07, 6.45) is 7.82. The van der Waals surface area contributed by atoms with Crippen LogP contribution in [-0.4, -0.2) is 49.2 Å². The fourth-order valence-corrected chi connectivity index (χ4v) is 2.85. The summed E-state index contributed by atoms with van der Waals surface area (Å²) in [5.74, 6) is 0.244.